The first kappa shape index (κ1) is 14.9. The standard InChI is InChI=1S/C16H24BrNO/c1-12(9-10-18-14-6-7-14)3-4-13-5-8-16(19-2)15(17)11-13/h5,8,11-12,14,18H,3-4,6-7,9-10H2,1-2H3. The number of methoxy groups -OCH3 is 1. The van der Waals surface area contributed by atoms with Crippen LogP contribution in [0.3, 0.4) is 0 Å². The van der Waals surface area contributed by atoms with E-state index < -0.39 is 0 Å². The fourth-order valence-corrected chi connectivity index (χ4v) is 2.83. The molecule has 1 aliphatic carbocycles. The number of hydrogen-bond donors (Lipinski definition) is 1. The smallest absolute Gasteiger partial charge is 0.133 e. The highest BCUT2D eigenvalue weighted by atomic mass is 79.9. The Morgan fingerprint density at radius 1 is 1.37 bits per heavy atom. The second-order valence-electron chi connectivity index (χ2n) is 5.63. The lowest BCUT2D eigenvalue weighted by atomic mass is 9.98. The Hall–Kier alpha value is -0.540. The molecule has 2 rings (SSSR count). The van der Waals surface area contributed by atoms with Gasteiger partial charge in [-0.15, -0.1) is 0 Å². The molecule has 1 fully saturated rings. The quantitative estimate of drug-likeness (QED) is 0.774. The lowest BCUT2D eigenvalue weighted by Crippen LogP contribution is -2.19. The summed E-state index contributed by atoms with van der Waals surface area (Å²) in [5, 5.41) is 3.59. The minimum Gasteiger partial charge on any atom is -0.496 e. The molecule has 0 saturated heterocycles. The summed E-state index contributed by atoms with van der Waals surface area (Å²) >= 11 is 3.54. The zero-order valence-electron chi connectivity index (χ0n) is 11.9. The van der Waals surface area contributed by atoms with Gasteiger partial charge in [-0.3, -0.25) is 0 Å². The van der Waals surface area contributed by atoms with Gasteiger partial charge in [0.15, 0.2) is 0 Å². The van der Waals surface area contributed by atoms with Gasteiger partial charge >= 0.3 is 0 Å². The molecular weight excluding hydrogens is 302 g/mol. The van der Waals surface area contributed by atoms with Crippen LogP contribution in [-0.4, -0.2) is 19.7 Å². The average molecular weight is 326 g/mol. The Balaban J connectivity index is 1.69. The van der Waals surface area contributed by atoms with E-state index in [-0.39, 0.29) is 0 Å². The van der Waals surface area contributed by atoms with Crippen molar-refractivity contribution < 1.29 is 4.74 Å². The number of hydrogen-bond acceptors (Lipinski definition) is 2. The molecule has 1 saturated carbocycles. The number of aryl methyl sites for hydroxylation is 1. The molecule has 0 aromatic heterocycles. The van der Waals surface area contributed by atoms with Crippen molar-refractivity contribution in [2.75, 3.05) is 13.7 Å². The van der Waals surface area contributed by atoms with Gasteiger partial charge in [-0.25, -0.2) is 0 Å². The van der Waals surface area contributed by atoms with Crippen LogP contribution in [0.25, 0.3) is 0 Å². The predicted octanol–water partition coefficient (Wildman–Crippen LogP) is 4.17. The number of rotatable bonds is 8. The van der Waals surface area contributed by atoms with E-state index in [1.807, 2.05) is 6.07 Å². The summed E-state index contributed by atoms with van der Waals surface area (Å²) in [6, 6.07) is 7.22. The van der Waals surface area contributed by atoms with Crippen LogP contribution in [0.1, 0.15) is 38.2 Å². The van der Waals surface area contributed by atoms with E-state index >= 15 is 0 Å². The van der Waals surface area contributed by atoms with Crippen LogP contribution in [0.5, 0.6) is 5.75 Å². The summed E-state index contributed by atoms with van der Waals surface area (Å²) < 4.78 is 6.30. The fourth-order valence-electron chi connectivity index (χ4n) is 2.24. The zero-order valence-corrected chi connectivity index (χ0v) is 13.5. The van der Waals surface area contributed by atoms with Crippen LogP contribution in [0.4, 0.5) is 0 Å². The first-order valence-corrected chi connectivity index (χ1v) is 8.04. The molecule has 0 radical (unpaired) electrons. The molecule has 0 bridgehead atoms. The van der Waals surface area contributed by atoms with E-state index in [9.17, 15) is 0 Å². The molecular formula is C16H24BrNO. The molecule has 1 N–H and O–H groups in total. The molecule has 3 heteroatoms. The fraction of sp³-hybridized carbons (Fsp3) is 0.625. The maximum Gasteiger partial charge on any atom is 0.133 e. The predicted molar refractivity (Wildman–Crippen MR) is 83.8 cm³/mol. The van der Waals surface area contributed by atoms with Crippen LogP contribution >= 0.6 is 15.9 Å². The largest absolute Gasteiger partial charge is 0.496 e. The van der Waals surface area contributed by atoms with Crippen molar-refractivity contribution >= 4 is 15.9 Å². The molecule has 1 unspecified atom stereocenters. The molecule has 1 aromatic rings. The Kier molecular flexibility index (Phi) is 5.71. The lowest BCUT2D eigenvalue weighted by Gasteiger charge is -2.12. The molecule has 0 amide bonds. The van der Waals surface area contributed by atoms with Gasteiger partial charge < -0.3 is 10.1 Å². The monoisotopic (exact) mass is 325 g/mol. The van der Waals surface area contributed by atoms with Gasteiger partial charge in [0.2, 0.25) is 0 Å². The summed E-state index contributed by atoms with van der Waals surface area (Å²) in [5.41, 5.74) is 1.38. The third-order valence-electron chi connectivity index (χ3n) is 3.79. The van der Waals surface area contributed by atoms with Crippen molar-refractivity contribution in [1.82, 2.24) is 5.32 Å². The highest BCUT2D eigenvalue weighted by Gasteiger charge is 2.19. The normalized spacial score (nSPS) is 16.4. The maximum absolute atomic E-state index is 5.25. The Bertz CT molecular complexity index is 404. The summed E-state index contributed by atoms with van der Waals surface area (Å²) in [6.07, 6.45) is 6.45. The van der Waals surface area contributed by atoms with Gasteiger partial charge in [0, 0.05) is 6.04 Å². The molecule has 106 valence electrons. The van der Waals surface area contributed by atoms with Gasteiger partial charge in [-0.05, 0) is 78.2 Å². The van der Waals surface area contributed by atoms with Crippen molar-refractivity contribution in [3.05, 3.63) is 28.2 Å². The number of halogens is 1. The summed E-state index contributed by atoms with van der Waals surface area (Å²) in [4.78, 5) is 0. The lowest BCUT2D eigenvalue weighted by molar-refractivity contribution is 0.412. The first-order valence-electron chi connectivity index (χ1n) is 7.25. The van der Waals surface area contributed by atoms with Crippen LogP contribution in [-0.2, 0) is 6.42 Å². The van der Waals surface area contributed by atoms with Gasteiger partial charge in [0.1, 0.15) is 5.75 Å². The summed E-state index contributed by atoms with van der Waals surface area (Å²) in [7, 11) is 1.70. The molecule has 1 atom stereocenters. The van der Waals surface area contributed by atoms with Crippen molar-refractivity contribution in [3.63, 3.8) is 0 Å². The Morgan fingerprint density at radius 3 is 2.79 bits per heavy atom. The second-order valence-corrected chi connectivity index (χ2v) is 6.48. The number of benzene rings is 1. The van der Waals surface area contributed by atoms with E-state index in [0.29, 0.717) is 0 Å². The molecule has 2 nitrogen and oxygen atoms in total. The Labute approximate surface area is 125 Å². The van der Waals surface area contributed by atoms with Crippen molar-refractivity contribution in [2.45, 2.75) is 45.1 Å². The molecule has 0 heterocycles. The number of nitrogens with one attached hydrogen (secondary N) is 1. The summed E-state index contributed by atoms with van der Waals surface area (Å²) in [6.45, 7) is 3.53. The zero-order chi connectivity index (χ0) is 13.7. The molecule has 19 heavy (non-hydrogen) atoms. The van der Waals surface area contributed by atoms with Crippen LogP contribution < -0.4 is 10.1 Å². The second kappa shape index (κ2) is 7.30. The van der Waals surface area contributed by atoms with E-state index in [2.05, 4.69) is 40.3 Å². The van der Waals surface area contributed by atoms with Crippen molar-refractivity contribution in [1.29, 1.82) is 0 Å². The van der Waals surface area contributed by atoms with Gasteiger partial charge in [-0.2, -0.15) is 0 Å². The van der Waals surface area contributed by atoms with Crippen molar-refractivity contribution in [2.24, 2.45) is 5.92 Å². The minimum absolute atomic E-state index is 0.784. The molecule has 0 spiro atoms. The third kappa shape index (κ3) is 5.15. The van der Waals surface area contributed by atoms with E-state index in [4.69, 9.17) is 4.74 Å². The highest BCUT2D eigenvalue weighted by Crippen LogP contribution is 2.26. The van der Waals surface area contributed by atoms with Gasteiger partial charge in [-0.1, -0.05) is 13.0 Å². The molecule has 1 aromatic carbocycles. The minimum atomic E-state index is 0.784. The van der Waals surface area contributed by atoms with E-state index in [0.717, 1.165) is 28.6 Å². The maximum atomic E-state index is 5.25. The topological polar surface area (TPSA) is 21.3 Å². The Morgan fingerprint density at radius 2 is 2.16 bits per heavy atom. The SMILES string of the molecule is COc1ccc(CCC(C)CCNC2CC2)cc1Br. The van der Waals surface area contributed by atoms with E-state index in [1.54, 1.807) is 7.11 Å². The number of ether oxygens (including phenoxy) is 1. The molecule has 1 aliphatic rings. The first-order chi connectivity index (χ1) is 9.19. The van der Waals surface area contributed by atoms with Crippen LogP contribution in [0, 0.1) is 5.92 Å². The van der Waals surface area contributed by atoms with Crippen LogP contribution in [0.15, 0.2) is 22.7 Å². The van der Waals surface area contributed by atoms with Crippen molar-refractivity contribution in [3.8, 4) is 5.75 Å². The summed E-state index contributed by atoms with van der Waals surface area (Å²) in [5.74, 6) is 1.69. The van der Waals surface area contributed by atoms with Crippen LogP contribution in [0.2, 0.25) is 0 Å². The van der Waals surface area contributed by atoms with Gasteiger partial charge in [0.25, 0.3) is 0 Å². The van der Waals surface area contributed by atoms with E-state index in [1.165, 1.54) is 37.8 Å². The average Bonchev–Trinajstić information content (AvgIpc) is 3.20. The highest BCUT2D eigenvalue weighted by molar-refractivity contribution is 9.10. The molecule has 0 aliphatic heterocycles. The van der Waals surface area contributed by atoms with Gasteiger partial charge in [0.05, 0.1) is 11.6 Å². The third-order valence-corrected chi connectivity index (χ3v) is 4.41.